The zero-order valence-corrected chi connectivity index (χ0v) is 16.7. The molecule has 1 amide bonds. The molecule has 1 heterocycles. The Morgan fingerprint density at radius 2 is 1.71 bits per heavy atom. The highest BCUT2D eigenvalue weighted by molar-refractivity contribution is 6.06. The lowest BCUT2D eigenvalue weighted by Gasteiger charge is -2.08. The minimum Gasteiger partial charge on any atom is -0.477 e. The third kappa shape index (κ3) is 6.36. The molecule has 0 saturated carbocycles. The number of aromatic amines is 2. The van der Waals surface area contributed by atoms with Crippen molar-refractivity contribution < 1.29 is 19.8 Å². The Hall–Kier alpha value is -3.76. The first-order chi connectivity index (χ1) is 14.9. The second-order valence-corrected chi connectivity index (χ2v) is 6.47. The van der Waals surface area contributed by atoms with Crippen molar-refractivity contribution in [3.05, 3.63) is 80.1 Å². The minimum absolute atomic E-state index is 0.0264. The van der Waals surface area contributed by atoms with Crippen molar-refractivity contribution in [2.75, 3.05) is 19.7 Å². The van der Waals surface area contributed by atoms with Crippen LogP contribution >= 0.6 is 0 Å². The molecule has 10 nitrogen and oxygen atoms in total. The van der Waals surface area contributed by atoms with E-state index in [-0.39, 0.29) is 31.0 Å². The zero-order chi connectivity index (χ0) is 22.8. The number of nitrogens with two attached hydrogens (primary N) is 1. The largest absolute Gasteiger partial charge is 0.477 e. The molecule has 0 atom stereocenters. The molecule has 0 aliphatic heterocycles. The molecule has 164 valence electrons. The summed E-state index contributed by atoms with van der Waals surface area (Å²) in [6, 6.07) is 13.0. The van der Waals surface area contributed by atoms with Crippen LogP contribution in [0.1, 0.15) is 32.8 Å². The second kappa shape index (κ2) is 11.4. The molecular weight excluding hydrogens is 404 g/mol. The summed E-state index contributed by atoms with van der Waals surface area (Å²) in [5, 5.41) is 21.4. The van der Waals surface area contributed by atoms with Crippen LogP contribution in [0.5, 0.6) is 0 Å². The number of nitrogens with one attached hydrogen (secondary N) is 3. The van der Waals surface area contributed by atoms with Crippen LogP contribution in [-0.2, 0) is 6.42 Å². The van der Waals surface area contributed by atoms with Gasteiger partial charge in [0.25, 0.3) is 11.5 Å². The molecule has 2 aromatic carbocycles. The summed E-state index contributed by atoms with van der Waals surface area (Å²) in [5.74, 6) is -1.63. The van der Waals surface area contributed by atoms with Gasteiger partial charge in [-0.1, -0.05) is 36.4 Å². The van der Waals surface area contributed by atoms with Gasteiger partial charge < -0.3 is 26.2 Å². The molecule has 3 aromatic rings. The normalized spacial score (nSPS) is 10.3. The number of carbonyl (C=O) groups is 2. The van der Waals surface area contributed by atoms with Crippen LogP contribution in [-0.4, -0.2) is 51.8 Å². The van der Waals surface area contributed by atoms with Gasteiger partial charge in [0, 0.05) is 24.2 Å². The number of rotatable bonds is 7. The number of fused-ring (bicyclic) bond motifs is 1. The van der Waals surface area contributed by atoms with Crippen molar-refractivity contribution in [2.45, 2.75) is 12.8 Å². The number of carboxylic acid groups (broad SMARTS) is 1. The predicted octanol–water partition coefficient (Wildman–Crippen LogP) is 0.215. The molecule has 31 heavy (non-hydrogen) atoms. The monoisotopic (exact) mass is 428 g/mol. The minimum atomic E-state index is -1.38. The maximum Gasteiger partial charge on any atom is 0.352 e. The molecule has 0 radical (unpaired) electrons. The van der Waals surface area contributed by atoms with E-state index in [1.807, 2.05) is 35.3 Å². The van der Waals surface area contributed by atoms with Crippen LogP contribution in [0.4, 0.5) is 0 Å². The van der Waals surface area contributed by atoms with Gasteiger partial charge in [0.15, 0.2) is 0 Å². The molecule has 7 N–H and O–H groups in total. The Morgan fingerprint density at radius 1 is 1.03 bits per heavy atom. The number of carboxylic acids is 1. The van der Waals surface area contributed by atoms with Gasteiger partial charge in [0.2, 0.25) is 0 Å². The fourth-order valence-electron chi connectivity index (χ4n) is 2.92. The summed E-state index contributed by atoms with van der Waals surface area (Å²) in [7, 11) is 0. The molecule has 0 aliphatic rings. The summed E-state index contributed by atoms with van der Waals surface area (Å²) in [5.41, 5.74) is 3.26. The first-order valence-electron chi connectivity index (χ1n) is 9.54. The number of aliphatic hydroxyl groups excluding tert-OH is 1. The Labute approximate surface area is 176 Å². The van der Waals surface area contributed by atoms with E-state index in [2.05, 4.69) is 10.3 Å². The van der Waals surface area contributed by atoms with Crippen molar-refractivity contribution >= 4 is 22.6 Å². The van der Waals surface area contributed by atoms with E-state index in [0.29, 0.717) is 18.5 Å². The van der Waals surface area contributed by atoms with Gasteiger partial charge in [-0.3, -0.25) is 14.6 Å². The third-order valence-electron chi connectivity index (χ3n) is 4.31. The quantitative estimate of drug-likeness (QED) is 0.291. The van der Waals surface area contributed by atoms with Crippen LogP contribution in [0.15, 0.2) is 52.1 Å². The van der Waals surface area contributed by atoms with Crippen molar-refractivity contribution in [3.63, 3.8) is 0 Å². The SMILES string of the molecule is NCCO.O=C(O)c1[nH]c(=O)[nH]c(=O)c1CCCNC(=O)c1cccc2ccccc12. The highest BCUT2D eigenvalue weighted by Crippen LogP contribution is 2.18. The maximum absolute atomic E-state index is 12.4. The number of benzene rings is 2. The lowest BCUT2D eigenvalue weighted by Crippen LogP contribution is -2.31. The summed E-state index contributed by atoms with van der Waals surface area (Å²) in [6.07, 6.45) is 0.440. The molecule has 0 unspecified atom stereocenters. The Bertz CT molecular complexity index is 1160. The first-order valence-corrected chi connectivity index (χ1v) is 9.54. The van der Waals surface area contributed by atoms with Crippen molar-refractivity contribution in [3.8, 4) is 0 Å². The summed E-state index contributed by atoms with van der Waals surface area (Å²) >= 11 is 0. The van der Waals surface area contributed by atoms with Gasteiger partial charge in [-0.25, -0.2) is 9.59 Å². The Balaban J connectivity index is 0.000000785. The average Bonchev–Trinajstić information content (AvgIpc) is 2.77. The van der Waals surface area contributed by atoms with Gasteiger partial charge in [-0.2, -0.15) is 0 Å². The van der Waals surface area contributed by atoms with Crippen LogP contribution in [0.25, 0.3) is 10.8 Å². The maximum atomic E-state index is 12.4. The molecule has 0 fully saturated rings. The Morgan fingerprint density at radius 3 is 2.39 bits per heavy atom. The van der Waals surface area contributed by atoms with Crippen LogP contribution in [0, 0.1) is 0 Å². The number of aliphatic hydroxyl groups is 1. The number of H-pyrrole nitrogens is 2. The van der Waals surface area contributed by atoms with E-state index < -0.39 is 22.9 Å². The van der Waals surface area contributed by atoms with Crippen LogP contribution < -0.4 is 22.3 Å². The number of carbonyl (C=O) groups excluding carboxylic acids is 1. The molecule has 10 heteroatoms. The highest BCUT2D eigenvalue weighted by atomic mass is 16.4. The summed E-state index contributed by atoms with van der Waals surface area (Å²) in [4.78, 5) is 50.8. The number of aromatic carboxylic acids is 1. The summed E-state index contributed by atoms with van der Waals surface area (Å²) < 4.78 is 0. The zero-order valence-electron chi connectivity index (χ0n) is 16.7. The molecule has 0 spiro atoms. The number of amides is 1. The summed E-state index contributed by atoms with van der Waals surface area (Å²) in [6.45, 7) is 0.722. The third-order valence-corrected chi connectivity index (χ3v) is 4.31. The van der Waals surface area contributed by atoms with Gasteiger partial charge in [-0.05, 0) is 29.7 Å². The first kappa shape index (κ1) is 23.5. The molecule has 3 rings (SSSR count). The topological polar surface area (TPSA) is 178 Å². The number of hydrogen-bond acceptors (Lipinski definition) is 6. The van der Waals surface area contributed by atoms with E-state index >= 15 is 0 Å². The van der Waals surface area contributed by atoms with Gasteiger partial charge in [-0.15, -0.1) is 0 Å². The smallest absolute Gasteiger partial charge is 0.352 e. The lowest BCUT2D eigenvalue weighted by molar-refractivity contribution is 0.0687. The van der Waals surface area contributed by atoms with Crippen molar-refractivity contribution in [1.82, 2.24) is 15.3 Å². The number of hydrogen-bond donors (Lipinski definition) is 6. The fraction of sp³-hybridized carbons (Fsp3) is 0.238. The van der Waals surface area contributed by atoms with E-state index in [4.69, 9.17) is 15.9 Å². The molecule has 0 saturated heterocycles. The standard InChI is InChI=1S/C19H17N3O5.C2H7NO/c23-16(13-8-3-6-11-5-1-2-7-12(11)13)20-10-4-9-14-15(18(25)26)21-19(27)22-17(14)24;3-1-2-4/h1-3,5-8H,4,9-10H2,(H,20,23)(H,25,26)(H2,21,22,24,27);4H,1-3H2. The van der Waals surface area contributed by atoms with Crippen molar-refractivity contribution in [1.29, 1.82) is 0 Å². The average molecular weight is 428 g/mol. The molecular formula is C21H24N4O6. The number of aromatic nitrogens is 2. The highest BCUT2D eigenvalue weighted by Gasteiger charge is 2.15. The van der Waals surface area contributed by atoms with Crippen molar-refractivity contribution in [2.24, 2.45) is 5.73 Å². The van der Waals surface area contributed by atoms with Crippen LogP contribution in [0.3, 0.4) is 0 Å². The van der Waals surface area contributed by atoms with E-state index in [0.717, 1.165) is 10.8 Å². The van der Waals surface area contributed by atoms with Gasteiger partial charge in [0.05, 0.1) is 6.61 Å². The van der Waals surface area contributed by atoms with E-state index in [9.17, 15) is 19.2 Å². The molecule has 1 aromatic heterocycles. The van der Waals surface area contributed by atoms with Crippen LogP contribution in [0.2, 0.25) is 0 Å². The molecule has 0 bridgehead atoms. The van der Waals surface area contributed by atoms with Gasteiger partial charge >= 0.3 is 11.7 Å². The second-order valence-electron chi connectivity index (χ2n) is 6.47. The molecule has 0 aliphatic carbocycles. The van der Waals surface area contributed by atoms with Gasteiger partial charge in [0.1, 0.15) is 5.69 Å². The van der Waals surface area contributed by atoms with E-state index in [1.165, 1.54) is 0 Å². The Kier molecular flexibility index (Phi) is 8.67. The fourth-order valence-corrected chi connectivity index (χ4v) is 2.92. The van der Waals surface area contributed by atoms with E-state index in [1.54, 1.807) is 12.1 Å². The lowest BCUT2D eigenvalue weighted by atomic mass is 10.0. The predicted molar refractivity (Wildman–Crippen MR) is 115 cm³/mol.